The van der Waals surface area contributed by atoms with Crippen LogP contribution in [0.2, 0.25) is 23.2 Å². The number of carboxylic acids is 1. The third kappa shape index (κ3) is 6.52. The summed E-state index contributed by atoms with van der Waals surface area (Å²) in [5, 5.41) is 23.8. The standard InChI is InChI=1S/C38H48N2O7SSi2/c1-26(47-49(8,9)36(2,3)4)32-34(41)39-33(35(42)43)31(48-38(32,39)24-27-20-22-28(23-21-27)40(44)45)25-46-50(37(5,6)7,29-16-12-10-13-17-29)30-18-14-11-15-19-30/h10-23,26,32H,24-25H2,1-9H3,(H,42,43)/t26-,32+,38-/m1/s1. The van der Waals surface area contributed by atoms with Gasteiger partial charge in [0.05, 0.1) is 23.6 Å². The highest BCUT2D eigenvalue weighted by molar-refractivity contribution is 8.04. The molecule has 0 spiro atoms. The number of rotatable bonds is 12. The van der Waals surface area contributed by atoms with E-state index in [0.717, 1.165) is 15.9 Å². The van der Waals surface area contributed by atoms with Crippen molar-refractivity contribution in [3.05, 3.63) is 111 Å². The Kier molecular flexibility index (Phi) is 10.2. The van der Waals surface area contributed by atoms with E-state index >= 15 is 0 Å². The second-order valence-electron chi connectivity index (χ2n) is 15.8. The Morgan fingerprint density at radius 1 is 0.940 bits per heavy atom. The quantitative estimate of drug-likeness (QED) is 0.0891. The maximum Gasteiger partial charge on any atom is 0.353 e. The fourth-order valence-corrected chi connectivity index (χ4v) is 15.0. The summed E-state index contributed by atoms with van der Waals surface area (Å²) >= 11 is 1.37. The van der Waals surface area contributed by atoms with Crippen LogP contribution in [0.15, 0.2) is 95.5 Å². The Hall–Kier alpha value is -3.56. The van der Waals surface area contributed by atoms with Crippen LogP contribution >= 0.6 is 11.8 Å². The number of nitrogens with zero attached hydrogens (tertiary/aromatic N) is 2. The van der Waals surface area contributed by atoms with Crippen LogP contribution in [0.5, 0.6) is 0 Å². The first-order valence-corrected chi connectivity index (χ1v) is 22.6. The molecule has 0 unspecified atom stereocenters. The predicted molar refractivity (Wildman–Crippen MR) is 203 cm³/mol. The van der Waals surface area contributed by atoms with Crippen LogP contribution in [0.3, 0.4) is 0 Å². The zero-order valence-electron chi connectivity index (χ0n) is 30.4. The number of aliphatic carboxylic acids is 1. The monoisotopic (exact) mass is 732 g/mol. The third-order valence-electron chi connectivity index (χ3n) is 10.5. The van der Waals surface area contributed by atoms with Crippen LogP contribution < -0.4 is 10.4 Å². The lowest BCUT2D eigenvalue weighted by molar-refractivity contribution is -0.384. The molecule has 12 heteroatoms. The van der Waals surface area contributed by atoms with Gasteiger partial charge in [0.25, 0.3) is 14.0 Å². The van der Waals surface area contributed by atoms with Crippen LogP contribution in [0.4, 0.5) is 5.69 Å². The van der Waals surface area contributed by atoms with E-state index in [2.05, 4.69) is 78.9 Å². The van der Waals surface area contributed by atoms with Gasteiger partial charge < -0.3 is 14.0 Å². The first-order valence-electron chi connectivity index (χ1n) is 16.9. The maximum absolute atomic E-state index is 14.3. The second kappa shape index (κ2) is 13.5. The van der Waals surface area contributed by atoms with Crippen molar-refractivity contribution in [2.45, 2.75) is 89.0 Å². The molecule has 2 heterocycles. The molecule has 3 aromatic rings. The van der Waals surface area contributed by atoms with Gasteiger partial charge in [-0.2, -0.15) is 0 Å². The van der Waals surface area contributed by atoms with E-state index in [9.17, 15) is 24.8 Å². The van der Waals surface area contributed by atoms with E-state index in [1.54, 1.807) is 12.1 Å². The zero-order chi connectivity index (χ0) is 36.9. The van der Waals surface area contributed by atoms with Crippen molar-refractivity contribution in [2.75, 3.05) is 6.61 Å². The highest BCUT2D eigenvalue weighted by Crippen LogP contribution is 2.61. The minimum atomic E-state index is -3.06. The number of carboxylic acid groups (broad SMARTS) is 1. The number of amides is 1. The van der Waals surface area contributed by atoms with Crippen molar-refractivity contribution in [2.24, 2.45) is 5.92 Å². The zero-order valence-corrected chi connectivity index (χ0v) is 33.2. The van der Waals surface area contributed by atoms with Crippen molar-refractivity contribution >= 4 is 56.3 Å². The minimum absolute atomic E-state index is 0.00440. The van der Waals surface area contributed by atoms with Crippen molar-refractivity contribution < 1.29 is 28.5 Å². The average Bonchev–Trinajstić information content (AvgIpc) is 3.30. The van der Waals surface area contributed by atoms with Gasteiger partial charge in [-0.3, -0.25) is 19.8 Å². The van der Waals surface area contributed by atoms with Gasteiger partial charge >= 0.3 is 5.97 Å². The van der Waals surface area contributed by atoms with Crippen molar-refractivity contribution in [3.8, 4) is 0 Å². The summed E-state index contributed by atoms with van der Waals surface area (Å²) in [5.41, 5.74) is 0.640. The molecule has 3 aromatic carbocycles. The van der Waals surface area contributed by atoms with E-state index in [4.69, 9.17) is 8.85 Å². The summed E-state index contributed by atoms with van der Waals surface area (Å²) in [6, 6.07) is 26.5. The van der Waals surface area contributed by atoms with Gasteiger partial charge in [0.2, 0.25) is 5.91 Å². The normalized spacial score (nSPS) is 20.4. The van der Waals surface area contributed by atoms with Crippen LogP contribution in [-0.4, -0.2) is 61.0 Å². The number of nitro benzene ring substituents is 1. The number of fused-ring (bicyclic) bond motifs is 1. The predicted octanol–water partition coefficient (Wildman–Crippen LogP) is 7.32. The number of nitro groups is 1. The largest absolute Gasteiger partial charge is 0.477 e. The number of non-ortho nitro benzene ring substituents is 1. The summed E-state index contributed by atoms with van der Waals surface area (Å²) in [7, 11) is -5.38. The van der Waals surface area contributed by atoms with Gasteiger partial charge in [-0.1, -0.05) is 126 Å². The molecule has 0 radical (unpaired) electrons. The van der Waals surface area contributed by atoms with Gasteiger partial charge in [-0.05, 0) is 46.0 Å². The smallest absolute Gasteiger partial charge is 0.353 e. The fourth-order valence-electron chi connectivity index (χ4n) is 7.16. The summed E-state index contributed by atoms with van der Waals surface area (Å²) in [6.45, 7) is 19.1. The Labute approximate surface area is 301 Å². The lowest BCUT2D eigenvalue weighted by atomic mass is 9.78. The van der Waals surface area contributed by atoms with Crippen molar-refractivity contribution in [1.29, 1.82) is 0 Å². The second-order valence-corrected chi connectivity index (χ2v) is 26.3. The molecule has 1 amide bonds. The number of thioether (sulfide) groups is 1. The first-order chi connectivity index (χ1) is 23.3. The summed E-state index contributed by atoms with van der Waals surface area (Å²) in [6.07, 6.45) is -0.228. The number of β-lactam (4-membered cyclic amide) rings is 1. The summed E-state index contributed by atoms with van der Waals surface area (Å²) < 4.78 is 14.0. The Morgan fingerprint density at radius 2 is 1.46 bits per heavy atom. The van der Waals surface area contributed by atoms with Gasteiger partial charge in [0.1, 0.15) is 10.6 Å². The van der Waals surface area contributed by atoms with E-state index in [1.807, 2.05) is 43.3 Å². The molecule has 1 fully saturated rings. The fraction of sp³-hybridized carbons (Fsp3) is 0.421. The highest BCUT2D eigenvalue weighted by Gasteiger charge is 2.69. The molecule has 2 aliphatic heterocycles. The number of hydrogen-bond donors (Lipinski definition) is 1. The van der Waals surface area contributed by atoms with Gasteiger partial charge in [0, 0.05) is 23.5 Å². The van der Waals surface area contributed by atoms with Gasteiger partial charge in [-0.15, -0.1) is 0 Å². The molecular formula is C38H48N2O7SSi2. The molecule has 2 aliphatic rings. The lowest BCUT2D eigenvalue weighted by Gasteiger charge is -2.56. The van der Waals surface area contributed by atoms with Crippen LogP contribution in [0.1, 0.15) is 54.0 Å². The molecule has 0 aromatic heterocycles. The van der Waals surface area contributed by atoms with E-state index in [-0.39, 0.29) is 40.4 Å². The number of carbonyl (C=O) groups excluding carboxylic acids is 1. The van der Waals surface area contributed by atoms with Crippen LogP contribution in [0, 0.1) is 16.0 Å². The van der Waals surface area contributed by atoms with Crippen molar-refractivity contribution in [3.63, 3.8) is 0 Å². The number of carbonyl (C=O) groups is 2. The lowest BCUT2D eigenvalue weighted by Crippen LogP contribution is -2.71. The molecule has 5 rings (SSSR count). The Balaban J connectivity index is 1.60. The van der Waals surface area contributed by atoms with E-state index in [0.29, 0.717) is 4.91 Å². The molecule has 3 atom stereocenters. The Morgan fingerprint density at radius 3 is 1.90 bits per heavy atom. The molecule has 9 nitrogen and oxygen atoms in total. The molecule has 50 heavy (non-hydrogen) atoms. The summed E-state index contributed by atoms with van der Waals surface area (Å²) in [4.78, 5) is 39.3. The Bertz CT molecular complexity index is 1750. The minimum Gasteiger partial charge on any atom is -0.477 e. The SMILES string of the molecule is C[C@@H](O[Si](C)(C)C(C)(C)C)[C@H]1C(=O)N2C(C(=O)O)=C(CO[Si](c3ccccc3)(c3ccccc3)C(C)(C)C)S[C@]12Cc1ccc([N+](=O)[O-])cc1. The first kappa shape index (κ1) is 37.7. The third-order valence-corrected chi connectivity index (χ3v) is 21.6. The topological polar surface area (TPSA) is 119 Å². The van der Waals surface area contributed by atoms with Gasteiger partial charge in [0.15, 0.2) is 8.32 Å². The number of benzene rings is 3. The average molecular weight is 733 g/mol. The molecular weight excluding hydrogens is 685 g/mol. The molecule has 266 valence electrons. The maximum atomic E-state index is 14.3. The highest BCUT2D eigenvalue weighted by atomic mass is 32.2. The van der Waals surface area contributed by atoms with Gasteiger partial charge in [-0.25, -0.2) is 4.79 Å². The summed E-state index contributed by atoms with van der Waals surface area (Å²) in [5.74, 6) is -2.16. The molecule has 0 aliphatic carbocycles. The van der Waals surface area contributed by atoms with E-state index < -0.39 is 44.4 Å². The molecule has 1 saturated heterocycles. The van der Waals surface area contributed by atoms with Crippen LogP contribution in [-0.2, 0) is 24.9 Å². The van der Waals surface area contributed by atoms with Crippen LogP contribution in [0.25, 0.3) is 0 Å². The molecule has 0 saturated carbocycles. The van der Waals surface area contributed by atoms with Crippen molar-refractivity contribution in [1.82, 2.24) is 4.90 Å². The van der Waals surface area contributed by atoms with E-state index in [1.165, 1.54) is 28.8 Å². The number of hydrogen-bond acceptors (Lipinski definition) is 7. The molecule has 0 bridgehead atoms. The molecule has 1 N–H and O–H groups in total.